The molecule has 16 heavy (non-hydrogen) atoms. The standard InChI is InChI=1S/C11H22N4S/c1-4-12-10(2)7-5-6-8-16-11-14-13-9-15(11)3/h9-10,12H,4-8H2,1-3H3. The van der Waals surface area contributed by atoms with Crippen LogP contribution in [0, 0.1) is 0 Å². The van der Waals surface area contributed by atoms with Gasteiger partial charge in [-0.15, -0.1) is 10.2 Å². The number of thioether (sulfide) groups is 1. The predicted molar refractivity (Wildman–Crippen MR) is 68.7 cm³/mol. The van der Waals surface area contributed by atoms with E-state index in [1.54, 1.807) is 18.1 Å². The van der Waals surface area contributed by atoms with E-state index in [0.717, 1.165) is 17.5 Å². The van der Waals surface area contributed by atoms with Crippen molar-refractivity contribution >= 4 is 11.8 Å². The lowest BCUT2D eigenvalue weighted by Crippen LogP contribution is -2.25. The fourth-order valence-electron chi connectivity index (χ4n) is 1.57. The van der Waals surface area contributed by atoms with Gasteiger partial charge in [-0.05, 0) is 26.3 Å². The van der Waals surface area contributed by atoms with Gasteiger partial charge in [0.15, 0.2) is 5.16 Å². The highest BCUT2D eigenvalue weighted by atomic mass is 32.2. The van der Waals surface area contributed by atoms with Crippen LogP contribution in [-0.4, -0.2) is 33.1 Å². The zero-order valence-electron chi connectivity index (χ0n) is 10.4. The molecular weight excluding hydrogens is 220 g/mol. The largest absolute Gasteiger partial charge is 0.315 e. The van der Waals surface area contributed by atoms with E-state index < -0.39 is 0 Å². The smallest absolute Gasteiger partial charge is 0.190 e. The molecule has 1 atom stereocenters. The second-order valence-electron chi connectivity index (χ2n) is 4.03. The molecule has 1 aromatic heterocycles. The molecule has 0 saturated heterocycles. The van der Waals surface area contributed by atoms with Crippen molar-refractivity contribution in [1.82, 2.24) is 20.1 Å². The van der Waals surface area contributed by atoms with Crippen molar-refractivity contribution in [3.63, 3.8) is 0 Å². The number of hydrogen-bond acceptors (Lipinski definition) is 4. The van der Waals surface area contributed by atoms with Gasteiger partial charge in [-0.2, -0.15) is 0 Å². The normalized spacial score (nSPS) is 12.9. The van der Waals surface area contributed by atoms with Crippen LogP contribution in [0.1, 0.15) is 33.1 Å². The Bertz CT molecular complexity index is 287. The van der Waals surface area contributed by atoms with Gasteiger partial charge in [0.25, 0.3) is 0 Å². The summed E-state index contributed by atoms with van der Waals surface area (Å²) in [5.74, 6) is 1.13. The van der Waals surface area contributed by atoms with Crippen LogP contribution >= 0.6 is 11.8 Å². The van der Waals surface area contributed by atoms with Gasteiger partial charge in [0, 0.05) is 18.8 Å². The minimum atomic E-state index is 0.643. The minimum absolute atomic E-state index is 0.643. The molecule has 1 N–H and O–H groups in total. The SMILES string of the molecule is CCNC(C)CCCCSc1nncn1C. The van der Waals surface area contributed by atoms with E-state index in [9.17, 15) is 0 Å². The second kappa shape index (κ2) is 7.68. The van der Waals surface area contributed by atoms with Crippen molar-refractivity contribution in [2.24, 2.45) is 7.05 Å². The van der Waals surface area contributed by atoms with Crippen LogP contribution in [0.15, 0.2) is 11.5 Å². The van der Waals surface area contributed by atoms with Crippen LogP contribution in [-0.2, 0) is 7.05 Å². The maximum atomic E-state index is 4.04. The Morgan fingerprint density at radius 1 is 1.50 bits per heavy atom. The topological polar surface area (TPSA) is 42.7 Å². The molecule has 0 aliphatic carbocycles. The van der Waals surface area contributed by atoms with Crippen LogP contribution in [0.3, 0.4) is 0 Å². The first-order valence-corrected chi connectivity index (χ1v) is 6.92. The molecule has 0 amide bonds. The van der Waals surface area contributed by atoms with Gasteiger partial charge < -0.3 is 9.88 Å². The van der Waals surface area contributed by atoms with Gasteiger partial charge in [0.2, 0.25) is 0 Å². The molecule has 1 rings (SSSR count). The molecule has 0 spiro atoms. The van der Waals surface area contributed by atoms with E-state index in [2.05, 4.69) is 29.4 Å². The summed E-state index contributed by atoms with van der Waals surface area (Å²) in [6, 6.07) is 0.643. The van der Waals surface area contributed by atoms with E-state index in [4.69, 9.17) is 0 Å². The summed E-state index contributed by atoms with van der Waals surface area (Å²) in [6.07, 6.45) is 5.52. The summed E-state index contributed by atoms with van der Waals surface area (Å²) >= 11 is 1.79. The van der Waals surface area contributed by atoms with Gasteiger partial charge in [0.05, 0.1) is 0 Å². The molecule has 0 radical (unpaired) electrons. The lowest BCUT2D eigenvalue weighted by atomic mass is 10.1. The van der Waals surface area contributed by atoms with Crippen LogP contribution in [0.25, 0.3) is 0 Å². The van der Waals surface area contributed by atoms with Crippen molar-refractivity contribution in [3.8, 4) is 0 Å². The van der Waals surface area contributed by atoms with Gasteiger partial charge in [-0.3, -0.25) is 0 Å². The number of hydrogen-bond donors (Lipinski definition) is 1. The average Bonchev–Trinajstić information content (AvgIpc) is 2.64. The maximum Gasteiger partial charge on any atom is 0.190 e. The van der Waals surface area contributed by atoms with Crippen molar-refractivity contribution < 1.29 is 0 Å². The highest BCUT2D eigenvalue weighted by molar-refractivity contribution is 7.99. The third kappa shape index (κ3) is 4.99. The first-order valence-electron chi connectivity index (χ1n) is 5.94. The molecule has 1 aromatic rings. The fraction of sp³-hybridized carbons (Fsp3) is 0.818. The minimum Gasteiger partial charge on any atom is -0.315 e. The molecule has 1 unspecified atom stereocenters. The predicted octanol–water partition coefficient (Wildman–Crippen LogP) is 2.08. The summed E-state index contributed by atoms with van der Waals surface area (Å²) in [5, 5.41) is 12.3. The van der Waals surface area contributed by atoms with Crippen molar-refractivity contribution in [1.29, 1.82) is 0 Å². The third-order valence-corrected chi connectivity index (χ3v) is 3.61. The fourth-order valence-corrected chi connectivity index (χ4v) is 2.46. The summed E-state index contributed by atoms with van der Waals surface area (Å²) in [7, 11) is 1.98. The Morgan fingerprint density at radius 3 is 2.94 bits per heavy atom. The number of nitrogens with one attached hydrogen (secondary N) is 1. The third-order valence-electron chi connectivity index (χ3n) is 2.49. The number of aryl methyl sites for hydroxylation is 1. The Hall–Kier alpha value is -0.550. The van der Waals surface area contributed by atoms with E-state index >= 15 is 0 Å². The molecule has 4 nitrogen and oxygen atoms in total. The highest BCUT2D eigenvalue weighted by Gasteiger charge is 2.02. The highest BCUT2D eigenvalue weighted by Crippen LogP contribution is 2.15. The molecule has 0 aromatic carbocycles. The molecular formula is C11H22N4S. The second-order valence-corrected chi connectivity index (χ2v) is 5.09. The van der Waals surface area contributed by atoms with E-state index in [-0.39, 0.29) is 0 Å². The zero-order valence-corrected chi connectivity index (χ0v) is 11.3. The van der Waals surface area contributed by atoms with Crippen LogP contribution < -0.4 is 5.32 Å². The lowest BCUT2D eigenvalue weighted by molar-refractivity contribution is 0.510. The van der Waals surface area contributed by atoms with E-state index in [1.807, 2.05) is 11.6 Å². The van der Waals surface area contributed by atoms with Crippen LogP contribution in [0.5, 0.6) is 0 Å². The first kappa shape index (κ1) is 13.5. The van der Waals surface area contributed by atoms with Gasteiger partial charge in [-0.25, -0.2) is 0 Å². The Labute approximate surface area is 102 Å². The monoisotopic (exact) mass is 242 g/mol. The summed E-state index contributed by atoms with van der Waals surface area (Å²) in [4.78, 5) is 0. The molecule has 92 valence electrons. The van der Waals surface area contributed by atoms with Gasteiger partial charge >= 0.3 is 0 Å². The number of unbranched alkanes of at least 4 members (excludes halogenated alkanes) is 1. The molecule has 5 heteroatoms. The summed E-state index contributed by atoms with van der Waals surface area (Å²) < 4.78 is 1.96. The summed E-state index contributed by atoms with van der Waals surface area (Å²) in [6.45, 7) is 5.47. The Morgan fingerprint density at radius 2 is 2.31 bits per heavy atom. The van der Waals surface area contributed by atoms with Crippen molar-refractivity contribution in [3.05, 3.63) is 6.33 Å². The maximum absolute atomic E-state index is 4.04. The quantitative estimate of drug-likeness (QED) is 0.560. The zero-order chi connectivity index (χ0) is 11.8. The number of aromatic nitrogens is 3. The lowest BCUT2D eigenvalue weighted by Gasteiger charge is -2.11. The number of nitrogens with zero attached hydrogens (tertiary/aromatic N) is 3. The summed E-state index contributed by atoms with van der Waals surface area (Å²) in [5.41, 5.74) is 0. The Balaban J connectivity index is 2.02. The molecule has 0 aliphatic heterocycles. The number of rotatable bonds is 8. The van der Waals surface area contributed by atoms with Crippen LogP contribution in [0.4, 0.5) is 0 Å². The average molecular weight is 242 g/mol. The van der Waals surface area contributed by atoms with E-state index in [0.29, 0.717) is 6.04 Å². The molecule has 0 fully saturated rings. The molecule has 1 heterocycles. The first-order chi connectivity index (χ1) is 7.74. The van der Waals surface area contributed by atoms with Gasteiger partial charge in [0.1, 0.15) is 6.33 Å². The van der Waals surface area contributed by atoms with Crippen molar-refractivity contribution in [2.45, 2.75) is 44.3 Å². The molecule has 0 aliphatic rings. The van der Waals surface area contributed by atoms with E-state index in [1.165, 1.54) is 19.3 Å². The van der Waals surface area contributed by atoms with Crippen LogP contribution in [0.2, 0.25) is 0 Å². The molecule has 0 saturated carbocycles. The molecule has 0 bridgehead atoms. The van der Waals surface area contributed by atoms with Crippen molar-refractivity contribution in [2.75, 3.05) is 12.3 Å². The Kier molecular flexibility index (Phi) is 6.49. The van der Waals surface area contributed by atoms with Gasteiger partial charge in [-0.1, -0.05) is 25.1 Å².